The van der Waals surface area contributed by atoms with Crippen LogP contribution in [0.3, 0.4) is 0 Å². The van der Waals surface area contributed by atoms with Crippen molar-refractivity contribution in [1.29, 1.82) is 0 Å². The summed E-state index contributed by atoms with van der Waals surface area (Å²) in [6, 6.07) is 1.92. The number of pyridine rings is 1. The van der Waals surface area contributed by atoms with Crippen LogP contribution in [0.2, 0.25) is 5.15 Å². The Morgan fingerprint density at radius 2 is 2.17 bits per heavy atom. The summed E-state index contributed by atoms with van der Waals surface area (Å²) in [7, 11) is 0. The van der Waals surface area contributed by atoms with Crippen molar-refractivity contribution in [3.05, 3.63) is 34.6 Å². The number of hydrogen-bond donors (Lipinski definition) is 0. The average Bonchev–Trinajstić information content (AvgIpc) is 2.26. The molecule has 1 heterocycles. The quantitative estimate of drug-likeness (QED) is 0.484. The number of hydrogen-bond acceptors (Lipinski definition) is 3. The number of carbonyl (C=O) groups is 1. The van der Waals surface area contributed by atoms with Crippen LogP contribution in [0.15, 0.2) is 18.2 Å². The van der Waals surface area contributed by atoms with Crippen molar-refractivity contribution in [2.24, 2.45) is 0 Å². The van der Waals surface area contributed by atoms with Crippen LogP contribution < -0.4 is 0 Å². The van der Waals surface area contributed by atoms with Gasteiger partial charge in [0.05, 0.1) is 6.61 Å². The zero-order valence-corrected chi connectivity index (χ0v) is 10.0. The molecule has 0 aliphatic rings. The summed E-state index contributed by atoms with van der Waals surface area (Å²) in [5.41, 5.74) is -0.876. The Labute approximate surface area is 106 Å². The minimum atomic E-state index is -4.55. The van der Waals surface area contributed by atoms with E-state index in [2.05, 4.69) is 9.72 Å². The predicted molar refractivity (Wildman–Crippen MR) is 59.9 cm³/mol. The van der Waals surface area contributed by atoms with Gasteiger partial charge in [0.15, 0.2) is 0 Å². The first-order valence-corrected chi connectivity index (χ1v) is 5.31. The van der Waals surface area contributed by atoms with Crippen molar-refractivity contribution < 1.29 is 22.7 Å². The molecule has 0 radical (unpaired) electrons. The number of nitrogens with zero attached hydrogens (tertiary/aromatic N) is 1. The van der Waals surface area contributed by atoms with Crippen LogP contribution in [0.1, 0.15) is 18.2 Å². The van der Waals surface area contributed by atoms with Gasteiger partial charge in [0.1, 0.15) is 10.8 Å². The number of rotatable bonds is 3. The monoisotopic (exact) mass is 279 g/mol. The van der Waals surface area contributed by atoms with Gasteiger partial charge in [-0.25, -0.2) is 9.78 Å². The van der Waals surface area contributed by atoms with Crippen LogP contribution in [0.4, 0.5) is 13.2 Å². The van der Waals surface area contributed by atoms with E-state index in [1.54, 1.807) is 6.92 Å². The topological polar surface area (TPSA) is 39.2 Å². The fourth-order valence-corrected chi connectivity index (χ4v) is 1.29. The molecule has 0 saturated carbocycles. The number of carbonyl (C=O) groups excluding carboxylic acids is 1. The summed E-state index contributed by atoms with van der Waals surface area (Å²) < 4.78 is 41.5. The predicted octanol–water partition coefficient (Wildman–Crippen LogP) is 3.33. The molecular weight excluding hydrogens is 271 g/mol. The van der Waals surface area contributed by atoms with Gasteiger partial charge in [0, 0.05) is 11.6 Å². The van der Waals surface area contributed by atoms with E-state index >= 15 is 0 Å². The van der Waals surface area contributed by atoms with Crippen molar-refractivity contribution in [2.75, 3.05) is 6.61 Å². The van der Waals surface area contributed by atoms with Gasteiger partial charge < -0.3 is 4.74 Å². The lowest BCUT2D eigenvalue weighted by atomic mass is 10.2. The van der Waals surface area contributed by atoms with Crippen molar-refractivity contribution in [2.45, 2.75) is 13.1 Å². The maximum absolute atomic E-state index is 12.3. The SMILES string of the molecule is CCOC(=O)C=Cc1ccc(C(F)(F)F)nc1Cl. The highest BCUT2D eigenvalue weighted by molar-refractivity contribution is 6.30. The molecule has 0 aliphatic carbocycles. The van der Waals surface area contributed by atoms with Gasteiger partial charge in [0.25, 0.3) is 0 Å². The zero-order chi connectivity index (χ0) is 13.8. The number of halogens is 4. The lowest BCUT2D eigenvalue weighted by Crippen LogP contribution is -2.08. The van der Waals surface area contributed by atoms with E-state index < -0.39 is 17.8 Å². The summed E-state index contributed by atoms with van der Waals surface area (Å²) >= 11 is 5.58. The molecule has 0 bridgehead atoms. The molecule has 0 atom stereocenters. The highest BCUT2D eigenvalue weighted by atomic mass is 35.5. The molecule has 0 fully saturated rings. The molecule has 0 saturated heterocycles. The van der Waals surface area contributed by atoms with E-state index in [0.717, 1.165) is 18.2 Å². The first kappa shape index (κ1) is 14.5. The van der Waals surface area contributed by atoms with Gasteiger partial charge in [-0.2, -0.15) is 13.2 Å². The Hall–Kier alpha value is -1.56. The third kappa shape index (κ3) is 4.03. The van der Waals surface area contributed by atoms with Crippen LogP contribution in [0, 0.1) is 0 Å². The maximum atomic E-state index is 12.3. The van der Waals surface area contributed by atoms with Gasteiger partial charge in [-0.1, -0.05) is 11.6 Å². The minimum Gasteiger partial charge on any atom is -0.463 e. The van der Waals surface area contributed by atoms with E-state index in [0.29, 0.717) is 0 Å². The van der Waals surface area contributed by atoms with Crippen molar-refractivity contribution in [1.82, 2.24) is 4.98 Å². The summed E-state index contributed by atoms with van der Waals surface area (Å²) in [5.74, 6) is -0.603. The van der Waals surface area contributed by atoms with E-state index in [4.69, 9.17) is 11.6 Å². The molecular formula is C11H9ClF3NO2. The highest BCUT2D eigenvalue weighted by Gasteiger charge is 2.32. The van der Waals surface area contributed by atoms with Crippen LogP contribution in [0.5, 0.6) is 0 Å². The summed E-state index contributed by atoms with van der Waals surface area (Å²) in [4.78, 5) is 14.2. The van der Waals surface area contributed by atoms with Crippen LogP contribution in [-0.4, -0.2) is 17.6 Å². The third-order valence-electron chi connectivity index (χ3n) is 1.85. The van der Waals surface area contributed by atoms with Gasteiger partial charge >= 0.3 is 12.1 Å². The first-order valence-electron chi connectivity index (χ1n) is 4.93. The Morgan fingerprint density at radius 1 is 1.50 bits per heavy atom. The third-order valence-corrected chi connectivity index (χ3v) is 2.16. The van der Waals surface area contributed by atoms with Crippen molar-refractivity contribution >= 4 is 23.6 Å². The number of alkyl halides is 3. The molecule has 18 heavy (non-hydrogen) atoms. The number of aromatic nitrogens is 1. The normalized spacial score (nSPS) is 11.8. The van der Waals surface area contributed by atoms with Gasteiger partial charge in [0.2, 0.25) is 0 Å². The standard InChI is InChI=1S/C11H9ClF3NO2/c1-2-18-9(17)6-4-7-3-5-8(11(13,14)15)16-10(7)12/h3-6H,2H2,1H3. The molecule has 0 spiro atoms. The van der Waals surface area contributed by atoms with Crippen LogP contribution in [-0.2, 0) is 15.7 Å². The fourth-order valence-electron chi connectivity index (χ4n) is 1.08. The molecule has 0 N–H and O–H groups in total. The highest BCUT2D eigenvalue weighted by Crippen LogP contribution is 2.29. The van der Waals surface area contributed by atoms with E-state index in [-0.39, 0.29) is 17.3 Å². The van der Waals surface area contributed by atoms with Gasteiger partial charge in [-0.3, -0.25) is 0 Å². The largest absolute Gasteiger partial charge is 0.463 e. The second-order valence-corrected chi connectivity index (χ2v) is 3.52. The lowest BCUT2D eigenvalue weighted by molar-refractivity contribution is -0.141. The number of esters is 1. The Kier molecular flexibility index (Phi) is 4.72. The molecule has 98 valence electrons. The summed E-state index contributed by atoms with van der Waals surface area (Å²) in [6.07, 6.45) is -2.24. The fraction of sp³-hybridized carbons (Fsp3) is 0.273. The molecule has 3 nitrogen and oxygen atoms in total. The molecule has 1 aromatic heterocycles. The van der Waals surface area contributed by atoms with Crippen LogP contribution >= 0.6 is 11.6 Å². The summed E-state index contributed by atoms with van der Waals surface area (Å²) in [6.45, 7) is 1.85. The molecule has 0 amide bonds. The Bertz CT molecular complexity index is 472. The zero-order valence-electron chi connectivity index (χ0n) is 9.29. The van der Waals surface area contributed by atoms with Crippen molar-refractivity contribution in [3.8, 4) is 0 Å². The number of ether oxygens (including phenoxy) is 1. The maximum Gasteiger partial charge on any atom is 0.433 e. The summed E-state index contributed by atoms with van der Waals surface area (Å²) in [5, 5.41) is -0.328. The van der Waals surface area contributed by atoms with Gasteiger partial charge in [-0.05, 0) is 25.1 Å². The molecule has 7 heteroatoms. The van der Waals surface area contributed by atoms with Crippen LogP contribution in [0.25, 0.3) is 6.08 Å². The van der Waals surface area contributed by atoms with Gasteiger partial charge in [-0.15, -0.1) is 0 Å². The average molecular weight is 280 g/mol. The first-order chi connectivity index (χ1) is 8.34. The Morgan fingerprint density at radius 3 is 2.67 bits per heavy atom. The molecule has 0 aromatic carbocycles. The molecule has 1 aromatic rings. The second-order valence-electron chi connectivity index (χ2n) is 3.16. The Balaban J connectivity index is 2.90. The van der Waals surface area contributed by atoms with E-state index in [1.165, 1.54) is 6.08 Å². The lowest BCUT2D eigenvalue weighted by Gasteiger charge is -2.06. The minimum absolute atomic E-state index is 0.206. The smallest absolute Gasteiger partial charge is 0.433 e. The molecule has 0 aliphatic heterocycles. The second kappa shape index (κ2) is 5.86. The molecule has 1 rings (SSSR count). The van der Waals surface area contributed by atoms with E-state index in [1.807, 2.05) is 0 Å². The van der Waals surface area contributed by atoms with E-state index in [9.17, 15) is 18.0 Å². The van der Waals surface area contributed by atoms with Crippen molar-refractivity contribution in [3.63, 3.8) is 0 Å². The molecule has 0 unspecified atom stereocenters.